The van der Waals surface area contributed by atoms with Crippen LogP contribution in [0.1, 0.15) is 35.0 Å². The Bertz CT molecular complexity index is 511. The summed E-state index contributed by atoms with van der Waals surface area (Å²) in [5.74, 6) is 5.69. The van der Waals surface area contributed by atoms with Crippen molar-refractivity contribution < 1.29 is 4.79 Å². The summed E-state index contributed by atoms with van der Waals surface area (Å²) >= 11 is 1.42. The van der Waals surface area contributed by atoms with Gasteiger partial charge in [0.15, 0.2) is 0 Å². The molecular weight excluding hydrogens is 270 g/mol. The van der Waals surface area contributed by atoms with Crippen molar-refractivity contribution in [2.75, 3.05) is 26.2 Å². The molecule has 1 aliphatic carbocycles. The molecule has 1 heterocycles. The van der Waals surface area contributed by atoms with E-state index in [1.165, 1.54) is 24.2 Å². The number of carbonyl (C=O) groups excluding carboxylic acids is 1. The molecule has 1 aromatic rings. The molecule has 20 heavy (non-hydrogen) atoms. The maximum absolute atomic E-state index is 12.1. The van der Waals surface area contributed by atoms with E-state index in [-0.39, 0.29) is 5.91 Å². The Balaban J connectivity index is 1.84. The average molecular weight is 291 g/mol. The Hall–Kier alpha value is -1.35. The van der Waals surface area contributed by atoms with Crippen molar-refractivity contribution in [3.63, 3.8) is 0 Å². The zero-order valence-corrected chi connectivity index (χ0v) is 12.6. The van der Waals surface area contributed by atoms with Crippen LogP contribution in [0.5, 0.6) is 0 Å². The third-order valence-corrected chi connectivity index (χ3v) is 4.26. The van der Waals surface area contributed by atoms with E-state index >= 15 is 0 Å². The van der Waals surface area contributed by atoms with E-state index in [1.807, 2.05) is 11.4 Å². The lowest BCUT2D eigenvalue weighted by Crippen LogP contribution is -2.36. The first-order valence-electron chi connectivity index (χ1n) is 7.05. The molecule has 0 aromatic carbocycles. The quantitative estimate of drug-likeness (QED) is 0.776. The number of rotatable bonds is 6. The van der Waals surface area contributed by atoms with Crippen LogP contribution in [0.2, 0.25) is 0 Å². The highest BCUT2D eigenvalue weighted by atomic mass is 32.1. The van der Waals surface area contributed by atoms with E-state index in [1.54, 1.807) is 0 Å². The zero-order valence-electron chi connectivity index (χ0n) is 11.8. The van der Waals surface area contributed by atoms with Gasteiger partial charge in [0, 0.05) is 24.7 Å². The number of likely N-dealkylation sites (N-methyl/N-ethyl adjacent to an activating group) is 1. The van der Waals surface area contributed by atoms with E-state index in [0.29, 0.717) is 18.0 Å². The Morgan fingerprint density at radius 1 is 1.60 bits per heavy atom. The van der Waals surface area contributed by atoms with E-state index in [4.69, 9.17) is 5.73 Å². The summed E-state index contributed by atoms with van der Waals surface area (Å²) in [4.78, 5) is 15.2. The first kappa shape index (κ1) is 15.0. The van der Waals surface area contributed by atoms with Crippen LogP contribution in [-0.4, -0.2) is 43.0 Å². The molecule has 4 nitrogen and oxygen atoms in total. The molecule has 1 aliphatic rings. The van der Waals surface area contributed by atoms with Gasteiger partial charge < -0.3 is 11.1 Å². The molecule has 1 amide bonds. The van der Waals surface area contributed by atoms with Gasteiger partial charge in [0.25, 0.3) is 5.91 Å². The largest absolute Gasteiger partial charge is 0.350 e. The Kier molecular flexibility index (Phi) is 5.60. The maximum atomic E-state index is 12.1. The summed E-state index contributed by atoms with van der Waals surface area (Å²) in [5, 5.41) is 4.87. The normalized spacial score (nSPS) is 13.9. The van der Waals surface area contributed by atoms with Crippen LogP contribution in [0.4, 0.5) is 0 Å². The summed E-state index contributed by atoms with van der Waals surface area (Å²) in [5.41, 5.74) is 6.13. The van der Waals surface area contributed by atoms with E-state index in [2.05, 4.69) is 29.0 Å². The third kappa shape index (κ3) is 4.07. The molecule has 2 rings (SSSR count). The minimum absolute atomic E-state index is 0.0341. The van der Waals surface area contributed by atoms with Crippen LogP contribution in [-0.2, 0) is 0 Å². The average Bonchev–Trinajstić information content (AvgIpc) is 3.18. The molecule has 0 unspecified atom stereocenters. The molecule has 0 spiro atoms. The first-order chi connectivity index (χ1) is 9.76. The summed E-state index contributed by atoms with van der Waals surface area (Å²) < 4.78 is 0. The Labute approximate surface area is 124 Å². The number of carbonyl (C=O) groups is 1. The van der Waals surface area contributed by atoms with Crippen LogP contribution >= 0.6 is 11.3 Å². The van der Waals surface area contributed by atoms with Crippen LogP contribution in [0, 0.1) is 11.8 Å². The second-order valence-corrected chi connectivity index (χ2v) is 5.70. The Morgan fingerprint density at radius 3 is 3.05 bits per heavy atom. The predicted molar refractivity (Wildman–Crippen MR) is 82.9 cm³/mol. The van der Waals surface area contributed by atoms with Gasteiger partial charge in [-0.2, -0.15) is 0 Å². The molecule has 0 atom stereocenters. The fraction of sp³-hybridized carbons (Fsp3) is 0.533. The van der Waals surface area contributed by atoms with Gasteiger partial charge in [-0.05, 0) is 30.8 Å². The van der Waals surface area contributed by atoms with E-state index in [9.17, 15) is 4.79 Å². The van der Waals surface area contributed by atoms with Crippen molar-refractivity contribution in [2.45, 2.75) is 25.8 Å². The fourth-order valence-electron chi connectivity index (χ4n) is 2.16. The van der Waals surface area contributed by atoms with Crippen molar-refractivity contribution in [3.05, 3.63) is 21.9 Å². The summed E-state index contributed by atoms with van der Waals surface area (Å²) in [7, 11) is 0. The lowest BCUT2D eigenvalue weighted by atomic mass is 10.2. The van der Waals surface area contributed by atoms with Crippen molar-refractivity contribution in [2.24, 2.45) is 5.73 Å². The number of nitrogens with two attached hydrogens (primary N) is 1. The number of nitrogens with one attached hydrogen (secondary N) is 1. The minimum atomic E-state index is -0.0341. The van der Waals surface area contributed by atoms with Crippen molar-refractivity contribution >= 4 is 17.2 Å². The number of amides is 1. The van der Waals surface area contributed by atoms with Crippen LogP contribution in [0.25, 0.3) is 0 Å². The van der Waals surface area contributed by atoms with Crippen molar-refractivity contribution in [3.8, 4) is 11.8 Å². The van der Waals surface area contributed by atoms with Gasteiger partial charge in [-0.1, -0.05) is 18.8 Å². The van der Waals surface area contributed by atoms with Crippen molar-refractivity contribution in [1.29, 1.82) is 0 Å². The number of thiophene rings is 1. The molecule has 5 heteroatoms. The molecular formula is C15H21N3OS. The molecule has 3 N–H and O–H groups in total. The van der Waals surface area contributed by atoms with Crippen LogP contribution in [0.15, 0.2) is 11.4 Å². The lowest BCUT2D eigenvalue weighted by molar-refractivity contribution is 0.0952. The van der Waals surface area contributed by atoms with Gasteiger partial charge >= 0.3 is 0 Å². The monoisotopic (exact) mass is 291 g/mol. The van der Waals surface area contributed by atoms with E-state index < -0.39 is 0 Å². The highest BCUT2D eigenvalue weighted by molar-refractivity contribution is 7.12. The van der Waals surface area contributed by atoms with Gasteiger partial charge in [-0.3, -0.25) is 9.69 Å². The molecule has 1 saturated carbocycles. The molecule has 0 aliphatic heterocycles. The minimum Gasteiger partial charge on any atom is -0.350 e. The lowest BCUT2D eigenvalue weighted by Gasteiger charge is -2.19. The van der Waals surface area contributed by atoms with Crippen LogP contribution in [0.3, 0.4) is 0 Å². The molecule has 1 aromatic heterocycles. The third-order valence-electron chi connectivity index (χ3n) is 3.35. The number of hydrogen-bond donors (Lipinski definition) is 2. The highest BCUT2D eigenvalue weighted by Gasteiger charge is 2.27. The highest BCUT2D eigenvalue weighted by Crippen LogP contribution is 2.25. The van der Waals surface area contributed by atoms with Gasteiger partial charge in [0.2, 0.25) is 0 Å². The number of nitrogens with zero attached hydrogens (tertiary/aromatic N) is 1. The first-order valence-corrected chi connectivity index (χ1v) is 7.93. The molecule has 108 valence electrons. The Morgan fingerprint density at radius 2 is 2.40 bits per heavy atom. The molecule has 1 fully saturated rings. The van der Waals surface area contributed by atoms with Gasteiger partial charge in [-0.15, -0.1) is 11.3 Å². The van der Waals surface area contributed by atoms with Crippen LogP contribution < -0.4 is 11.1 Å². The van der Waals surface area contributed by atoms with Gasteiger partial charge in [0.05, 0.1) is 6.54 Å². The summed E-state index contributed by atoms with van der Waals surface area (Å²) in [6.45, 7) is 5.13. The predicted octanol–water partition coefficient (Wildman–Crippen LogP) is 1.27. The van der Waals surface area contributed by atoms with Crippen molar-refractivity contribution in [1.82, 2.24) is 10.2 Å². The smallest absolute Gasteiger partial charge is 0.262 e. The molecule has 0 radical (unpaired) electrons. The number of hydrogen-bond acceptors (Lipinski definition) is 4. The molecule has 0 saturated heterocycles. The SMILES string of the molecule is CCN(CCNC(=O)c1sccc1C#CCN)C1CC1. The summed E-state index contributed by atoms with van der Waals surface area (Å²) in [6, 6.07) is 2.61. The molecule has 0 bridgehead atoms. The maximum Gasteiger partial charge on any atom is 0.262 e. The van der Waals surface area contributed by atoms with Gasteiger partial charge in [-0.25, -0.2) is 0 Å². The topological polar surface area (TPSA) is 58.4 Å². The second kappa shape index (κ2) is 7.44. The zero-order chi connectivity index (χ0) is 14.4. The second-order valence-electron chi connectivity index (χ2n) is 4.78. The fourth-order valence-corrected chi connectivity index (χ4v) is 2.93. The van der Waals surface area contributed by atoms with E-state index in [0.717, 1.165) is 24.7 Å². The van der Waals surface area contributed by atoms with Gasteiger partial charge in [0.1, 0.15) is 4.88 Å². The summed E-state index contributed by atoms with van der Waals surface area (Å²) in [6.07, 6.45) is 2.59. The standard InChI is InChI=1S/C15H21N3OS/c1-2-18(13-5-6-13)10-9-17-15(19)14-12(4-3-8-16)7-11-20-14/h7,11,13H,2,5-6,8-10,16H2,1H3,(H,17,19).